The maximum absolute atomic E-state index is 12.2. The number of nitrogens with zero attached hydrogens (tertiary/aromatic N) is 2. The van der Waals surface area contributed by atoms with Crippen LogP contribution in [0.2, 0.25) is 0 Å². The van der Waals surface area contributed by atoms with E-state index >= 15 is 0 Å². The van der Waals surface area contributed by atoms with Crippen LogP contribution in [0.25, 0.3) is 22.8 Å². The molecule has 22 heavy (non-hydrogen) atoms. The first-order valence-corrected chi connectivity index (χ1v) is 7.25. The van der Waals surface area contributed by atoms with Gasteiger partial charge in [-0.2, -0.15) is 0 Å². The zero-order valence-electron chi connectivity index (χ0n) is 12.4. The Kier molecular flexibility index (Phi) is 2.63. The van der Waals surface area contributed by atoms with E-state index in [2.05, 4.69) is 34.1 Å². The number of oxazole rings is 1. The van der Waals surface area contributed by atoms with Crippen molar-refractivity contribution in [2.45, 2.75) is 20.3 Å². The Morgan fingerprint density at radius 3 is 2.86 bits per heavy atom. The number of hydrogen-bond donors (Lipinski definition) is 2. The number of para-hydroxylation sites is 2. The van der Waals surface area contributed by atoms with Crippen LogP contribution in [0.3, 0.4) is 0 Å². The topological polar surface area (TPSA) is 83.8 Å². The third kappa shape index (κ3) is 2.07. The summed E-state index contributed by atoms with van der Waals surface area (Å²) >= 11 is 0. The van der Waals surface area contributed by atoms with Gasteiger partial charge in [0.2, 0.25) is 0 Å². The summed E-state index contributed by atoms with van der Waals surface area (Å²) in [4.78, 5) is 24.2. The lowest BCUT2D eigenvalue weighted by Gasteiger charge is -2.21. The maximum atomic E-state index is 12.2. The van der Waals surface area contributed by atoms with E-state index in [1.807, 2.05) is 24.3 Å². The molecule has 0 spiro atoms. The van der Waals surface area contributed by atoms with Crippen molar-refractivity contribution in [3.63, 3.8) is 0 Å². The number of hydrogen-bond acceptors (Lipinski definition) is 4. The van der Waals surface area contributed by atoms with E-state index in [9.17, 15) is 4.79 Å². The van der Waals surface area contributed by atoms with E-state index in [0.717, 1.165) is 17.6 Å². The molecule has 1 amide bonds. The average Bonchev–Trinajstić information content (AvgIpc) is 3.05. The molecule has 0 aliphatic carbocycles. The second-order valence-corrected chi connectivity index (χ2v) is 6.42. The van der Waals surface area contributed by atoms with Gasteiger partial charge in [0, 0.05) is 12.2 Å². The number of aromatic nitrogens is 3. The molecule has 0 bridgehead atoms. The summed E-state index contributed by atoms with van der Waals surface area (Å²) in [5.41, 5.74) is 2.72. The van der Waals surface area contributed by atoms with E-state index in [-0.39, 0.29) is 11.3 Å². The molecule has 2 N–H and O–H groups in total. The third-order valence-corrected chi connectivity index (χ3v) is 3.87. The smallest absolute Gasteiger partial charge is 0.271 e. The molecular formula is C16H16N4O2. The van der Waals surface area contributed by atoms with Crippen LogP contribution in [0.4, 0.5) is 0 Å². The van der Waals surface area contributed by atoms with E-state index in [1.165, 1.54) is 0 Å². The van der Waals surface area contributed by atoms with E-state index in [0.29, 0.717) is 29.5 Å². The molecule has 6 heteroatoms. The Morgan fingerprint density at radius 2 is 2.05 bits per heavy atom. The lowest BCUT2D eigenvalue weighted by molar-refractivity contribution is 0.0940. The van der Waals surface area contributed by atoms with E-state index in [1.54, 1.807) is 0 Å². The molecule has 4 rings (SSSR count). The second-order valence-electron chi connectivity index (χ2n) is 6.42. The molecule has 3 aromatic rings. The Balaban J connectivity index is 1.81. The number of amides is 1. The lowest BCUT2D eigenvalue weighted by atomic mass is 9.88. The average molecular weight is 296 g/mol. The van der Waals surface area contributed by atoms with Gasteiger partial charge in [0.15, 0.2) is 11.4 Å². The van der Waals surface area contributed by atoms with Crippen molar-refractivity contribution in [3.8, 4) is 11.7 Å². The molecule has 0 saturated heterocycles. The number of aromatic amines is 1. The van der Waals surface area contributed by atoms with Gasteiger partial charge in [0.05, 0.1) is 0 Å². The molecule has 1 aliphatic heterocycles. The molecular weight excluding hydrogens is 280 g/mol. The highest BCUT2D eigenvalue weighted by molar-refractivity contribution is 5.94. The number of H-pyrrole nitrogens is 1. The highest BCUT2D eigenvalue weighted by Gasteiger charge is 2.30. The number of fused-ring (bicyclic) bond motifs is 2. The van der Waals surface area contributed by atoms with Crippen molar-refractivity contribution < 1.29 is 9.21 Å². The minimum atomic E-state index is -0.154. The van der Waals surface area contributed by atoms with Gasteiger partial charge in [0.1, 0.15) is 11.2 Å². The van der Waals surface area contributed by atoms with Crippen LogP contribution < -0.4 is 5.32 Å². The zero-order chi connectivity index (χ0) is 15.3. The number of carbonyl (C=O) groups is 1. The summed E-state index contributed by atoms with van der Waals surface area (Å²) in [7, 11) is 0. The molecule has 0 unspecified atom stereocenters. The number of imidazole rings is 1. The summed E-state index contributed by atoms with van der Waals surface area (Å²) in [5, 5.41) is 2.91. The first-order valence-electron chi connectivity index (χ1n) is 7.25. The zero-order valence-corrected chi connectivity index (χ0v) is 12.4. The minimum absolute atomic E-state index is 0.0218. The van der Waals surface area contributed by atoms with Gasteiger partial charge in [-0.25, -0.2) is 9.97 Å². The van der Waals surface area contributed by atoms with Crippen molar-refractivity contribution in [2.75, 3.05) is 6.54 Å². The minimum Gasteiger partial charge on any atom is -0.434 e. The Morgan fingerprint density at radius 1 is 1.23 bits per heavy atom. The van der Waals surface area contributed by atoms with Crippen LogP contribution in [0.5, 0.6) is 0 Å². The first kappa shape index (κ1) is 13.1. The summed E-state index contributed by atoms with van der Waals surface area (Å²) < 4.78 is 5.71. The van der Waals surface area contributed by atoms with Crippen LogP contribution >= 0.6 is 0 Å². The molecule has 0 saturated carbocycles. The van der Waals surface area contributed by atoms with Crippen LogP contribution in [-0.4, -0.2) is 27.4 Å². The first-order chi connectivity index (χ1) is 10.5. The Bertz CT molecular complexity index is 842. The van der Waals surface area contributed by atoms with Crippen LogP contribution in [0.15, 0.2) is 28.7 Å². The summed E-state index contributed by atoms with van der Waals surface area (Å²) in [6, 6.07) is 7.54. The van der Waals surface area contributed by atoms with Crippen LogP contribution in [0, 0.1) is 5.41 Å². The fourth-order valence-electron chi connectivity index (χ4n) is 2.74. The maximum Gasteiger partial charge on any atom is 0.271 e. The number of benzene rings is 1. The van der Waals surface area contributed by atoms with Crippen molar-refractivity contribution in [1.82, 2.24) is 20.3 Å². The van der Waals surface area contributed by atoms with Gasteiger partial charge in [-0.05, 0) is 24.0 Å². The fourth-order valence-corrected chi connectivity index (χ4v) is 2.74. The fraction of sp³-hybridized carbons (Fsp3) is 0.312. The van der Waals surface area contributed by atoms with Gasteiger partial charge in [0.25, 0.3) is 11.8 Å². The summed E-state index contributed by atoms with van der Waals surface area (Å²) in [6.07, 6.45) is 0.744. The standard InChI is InChI=1S/C16H16N4O2/c1-16(2)7-10-12(14(21)17-8-16)20-13(18-10)15-19-9-5-3-4-6-11(9)22-15/h3-6H,7-8H2,1-2H3,(H,17,21)(H,18,20). The van der Waals surface area contributed by atoms with E-state index < -0.39 is 0 Å². The predicted octanol–water partition coefficient (Wildman–Crippen LogP) is 2.53. The predicted molar refractivity (Wildman–Crippen MR) is 81.4 cm³/mol. The summed E-state index contributed by atoms with van der Waals surface area (Å²) in [6.45, 7) is 4.86. The molecule has 0 atom stereocenters. The molecule has 6 nitrogen and oxygen atoms in total. The Labute approximate surface area is 127 Å². The number of nitrogens with one attached hydrogen (secondary N) is 2. The van der Waals surface area contributed by atoms with Crippen molar-refractivity contribution in [1.29, 1.82) is 0 Å². The number of carbonyl (C=O) groups excluding carboxylic acids is 1. The van der Waals surface area contributed by atoms with Gasteiger partial charge in [-0.15, -0.1) is 0 Å². The third-order valence-electron chi connectivity index (χ3n) is 3.87. The lowest BCUT2D eigenvalue weighted by Crippen LogP contribution is -2.32. The summed E-state index contributed by atoms with van der Waals surface area (Å²) in [5.74, 6) is 0.744. The van der Waals surface area contributed by atoms with Crippen LogP contribution in [0.1, 0.15) is 30.0 Å². The van der Waals surface area contributed by atoms with E-state index in [4.69, 9.17) is 4.42 Å². The Hall–Kier alpha value is -2.63. The van der Waals surface area contributed by atoms with Crippen LogP contribution in [-0.2, 0) is 6.42 Å². The molecule has 0 radical (unpaired) electrons. The molecule has 112 valence electrons. The van der Waals surface area contributed by atoms with Crippen molar-refractivity contribution in [2.24, 2.45) is 5.41 Å². The molecule has 0 fully saturated rings. The van der Waals surface area contributed by atoms with Gasteiger partial charge in [-0.3, -0.25) is 4.79 Å². The largest absolute Gasteiger partial charge is 0.434 e. The molecule has 1 aliphatic rings. The highest BCUT2D eigenvalue weighted by atomic mass is 16.3. The highest BCUT2D eigenvalue weighted by Crippen LogP contribution is 2.28. The van der Waals surface area contributed by atoms with Gasteiger partial charge >= 0.3 is 0 Å². The van der Waals surface area contributed by atoms with Crippen molar-refractivity contribution >= 4 is 17.0 Å². The molecule has 1 aromatic carbocycles. The molecule has 2 aromatic heterocycles. The van der Waals surface area contributed by atoms with Gasteiger partial charge < -0.3 is 14.7 Å². The second kappa shape index (κ2) is 4.43. The molecule has 3 heterocycles. The van der Waals surface area contributed by atoms with Gasteiger partial charge in [-0.1, -0.05) is 26.0 Å². The quantitative estimate of drug-likeness (QED) is 0.722. The van der Waals surface area contributed by atoms with Crippen molar-refractivity contribution in [3.05, 3.63) is 35.7 Å². The SMILES string of the molecule is CC1(C)CNC(=O)c2nc(-c3nc4ccccc4o3)[nH]c2C1. The number of rotatable bonds is 1. The normalized spacial score (nSPS) is 17.1. The monoisotopic (exact) mass is 296 g/mol.